The van der Waals surface area contributed by atoms with E-state index in [0.29, 0.717) is 15.7 Å². The van der Waals surface area contributed by atoms with E-state index in [2.05, 4.69) is 34.3 Å². The van der Waals surface area contributed by atoms with Crippen LogP contribution >= 0.6 is 22.7 Å². The van der Waals surface area contributed by atoms with Crippen LogP contribution < -0.4 is 11.1 Å². The molecule has 0 aliphatic rings. The van der Waals surface area contributed by atoms with Gasteiger partial charge in [0.25, 0.3) is 5.91 Å². The van der Waals surface area contributed by atoms with Crippen molar-refractivity contribution >= 4 is 59.8 Å². The second kappa shape index (κ2) is 6.03. The fourth-order valence-electron chi connectivity index (χ4n) is 3.22. The third kappa shape index (κ3) is 2.73. The highest BCUT2D eigenvalue weighted by Crippen LogP contribution is 2.36. The van der Waals surface area contributed by atoms with Gasteiger partial charge in [0.15, 0.2) is 5.13 Å². The van der Waals surface area contributed by atoms with Gasteiger partial charge < -0.3 is 5.73 Å². The zero-order chi connectivity index (χ0) is 18.6. The predicted octanol–water partition coefficient (Wildman–Crippen LogP) is 4.97. The van der Waals surface area contributed by atoms with E-state index in [1.54, 1.807) is 0 Å². The van der Waals surface area contributed by atoms with Crippen molar-refractivity contribution in [3.05, 3.63) is 45.5 Å². The van der Waals surface area contributed by atoms with E-state index in [0.717, 1.165) is 37.3 Å². The fraction of sp³-hybridized carbons (Fsp3) is 0.211. The number of thiazole rings is 1. The summed E-state index contributed by atoms with van der Waals surface area (Å²) in [4.78, 5) is 23.1. The van der Waals surface area contributed by atoms with E-state index in [4.69, 9.17) is 5.73 Å². The number of aryl methyl sites for hydroxylation is 4. The molecule has 1 aromatic carbocycles. The average molecular weight is 383 g/mol. The summed E-state index contributed by atoms with van der Waals surface area (Å²) in [7, 11) is 0. The van der Waals surface area contributed by atoms with Crippen molar-refractivity contribution in [2.45, 2.75) is 27.7 Å². The van der Waals surface area contributed by atoms with Crippen molar-refractivity contribution < 1.29 is 4.79 Å². The Kier molecular flexibility index (Phi) is 3.93. The lowest BCUT2D eigenvalue weighted by atomic mass is 10.1. The molecular formula is C19H18N4OS2. The number of carbonyl (C=O) groups excluding carboxylic acids is 1. The topological polar surface area (TPSA) is 80.9 Å². The first-order valence-electron chi connectivity index (χ1n) is 8.19. The standard InChI is InChI=1S/C19H18N4OS2/c1-8-5-10(3)15-12(6-8)25-19(22-15)23-17(24)16-14(20)13-9(2)7-11(4)21-18(13)26-16/h5-7H,20H2,1-4H3,(H,22,23,24). The lowest BCUT2D eigenvalue weighted by Crippen LogP contribution is -2.11. The Morgan fingerprint density at radius 2 is 1.81 bits per heavy atom. The minimum Gasteiger partial charge on any atom is -0.397 e. The Morgan fingerprint density at radius 3 is 2.58 bits per heavy atom. The number of aromatic nitrogens is 2. The maximum atomic E-state index is 12.8. The molecule has 0 aliphatic heterocycles. The van der Waals surface area contributed by atoms with Crippen LogP contribution in [0.2, 0.25) is 0 Å². The highest BCUT2D eigenvalue weighted by molar-refractivity contribution is 7.23. The van der Waals surface area contributed by atoms with Gasteiger partial charge in [-0.25, -0.2) is 9.97 Å². The largest absolute Gasteiger partial charge is 0.397 e. The van der Waals surface area contributed by atoms with Crippen molar-refractivity contribution in [2.75, 3.05) is 11.1 Å². The molecule has 0 saturated heterocycles. The summed E-state index contributed by atoms with van der Waals surface area (Å²) in [5, 5.41) is 4.34. The number of nitrogens with one attached hydrogen (secondary N) is 1. The van der Waals surface area contributed by atoms with Gasteiger partial charge in [0.1, 0.15) is 9.71 Å². The molecule has 3 aromatic heterocycles. The van der Waals surface area contributed by atoms with E-state index < -0.39 is 0 Å². The SMILES string of the molecule is Cc1cc(C)c2nc(NC(=O)c3sc4nc(C)cc(C)c4c3N)sc2c1. The number of thiophene rings is 1. The Bertz CT molecular complexity index is 1190. The number of carbonyl (C=O) groups is 1. The van der Waals surface area contributed by atoms with Gasteiger partial charge in [-0.1, -0.05) is 17.4 Å². The zero-order valence-electron chi connectivity index (χ0n) is 14.9. The fourth-order valence-corrected chi connectivity index (χ4v) is 5.36. The average Bonchev–Trinajstić information content (AvgIpc) is 3.08. The molecule has 0 saturated carbocycles. The number of nitrogen functional groups attached to an aromatic ring is 1. The van der Waals surface area contributed by atoms with Crippen molar-refractivity contribution in [3.63, 3.8) is 0 Å². The van der Waals surface area contributed by atoms with Crippen molar-refractivity contribution in [1.29, 1.82) is 0 Å². The highest BCUT2D eigenvalue weighted by atomic mass is 32.1. The summed E-state index contributed by atoms with van der Waals surface area (Å²) in [6.45, 7) is 8.01. The van der Waals surface area contributed by atoms with Crippen LogP contribution in [0.15, 0.2) is 18.2 Å². The third-order valence-corrected chi connectivity index (χ3v) is 6.30. The van der Waals surface area contributed by atoms with Gasteiger partial charge in [0, 0.05) is 11.1 Å². The first-order chi connectivity index (χ1) is 12.3. The molecule has 7 heteroatoms. The molecule has 132 valence electrons. The minimum absolute atomic E-state index is 0.240. The maximum Gasteiger partial charge on any atom is 0.269 e. The molecule has 4 aromatic rings. The van der Waals surface area contributed by atoms with E-state index in [1.165, 1.54) is 28.2 Å². The van der Waals surface area contributed by atoms with Gasteiger partial charge in [-0.2, -0.15) is 0 Å². The van der Waals surface area contributed by atoms with E-state index >= 15 is 0 Å². The molecule has 3 heterocycles. The molecule has 0 unspecified atom stereocenters. The summed E-state index contributed by atoms with van der Waals surface area (Å²) >= 11 is 2.79. The number of nitrogens with zero attached hydrogens (tertiary/aromatic N) is 2. The van der Waals surface area contributed by atoms with Crippen molar-refractivity contribution in [1.82, 2.24) is 9.97 Å². The molecule has 5 nitrogen and oxygen atoms in total. The second-order valence-electron chi connectivity index (χ2n) is 6.51. The molecule has 26 heavy (non-hydrogen) atoms. The van der Waals surface area contributed by atoms with Crippen LogP contribution in [0.4, 0.5) is 10.8 Å². The number of amides is 1. The number of pyridine rings is 1. The summed E-state index contributed by atoms with van der Waals surface area (Å²) in [5.74, 6) is -0.240. The van der Waals surface area contributed by atoms with E-state index in [-0.39, 0.29) is 5.91 Å². The normalized spacial score (nSPS) is 11.4. The maximum absolute atomic E-state index is 12.8. The van der Waals surface area contributed by atoms with Crippen LogP contribution in [0.1, 0.15) is 32.1 Å². The molecule has 0 bridgehead atoms. The zero-order valence-corrected chi connectivity index (χ0v) is 16.6. The van der Waals surface area contributed by atoms with Gasteiger partial charge in [0.05, 0.1) is 15.9 Å². The Balaban J connectivity index is 1.73. The predicted molar refractivity (Wildman–Crippen MR) is 111 cm³/mol. The van der Waals surface area contributed by atoms with Gasteiger partial charge >= 0.3 is 0 Å². The van der Waals surface area contributed by atoms with Gasteiger partial charge in [-0.3, -0.25) is 10.1 Å². The molecule has 3 N–H and O–H groups in total. The molecule has 0 atom stereocenters. The van der Waals surface area contributed by atoms with E-state index in [1.807, 2.05) is 26.8 Å². The van der Waals surface area contributed by atoms with Gasteiger partial charge in [-0.05, 0) is 56.5 Å². The summed E-state index contributed by atoms with van der Waals surface area (Å²) in [6, 6.07) is 6.15. The van der Waals surface area contributed by atoms with Crippen LogP contribution in [0, 0.1) is 27.7 Å². The summed E-state index contributed by atoms with van der Waals surface area (Å²) < 4.78 is 1.07. The summed E-state index contributed by atoms with van der Waals surface area (Å²) in [5.41, 5.74) is 11.9. The first kappa shape index (κ1) is 16.9. The molecule has 0 fully saturated rings. The molecule has 0 spiro atoms. The van der Waals surface area contributed by atoms with E-state index in [9.17, 15) is 4.79 Å². The molecule has 1 amide bonds. The number of benzene rings is 1. The molecule has 0 aliphatic carbocycles. The van der Waals surface area contributed by atoms with Crippen LogP contribution in [0.3, 0.4) is 0 Å². The van der Waals surface area contributed by atoms with Crippen LogP contribution in [-0.4, -0.2) is 15.9 Å². The number of fused-ring (bicyclic) bond motifs is 2. The van der Waals surface area contributed by atoms with Crippen LogP contribution in [0.5, 0.6) is 0 Å². The molecular weight excluding hydrogens is 364 g/mol. The summed E-state index contributed by atoms with van der Waals surface area (Å²) in [6.07, 6.45) is 0. The van der Waals surface area contributed by atoms with Crippen LogP contribution in [-0.2, 0) is 0 Å². The molecule has 0 radical (unpaired) electrons. The lowest BCUT2D eigenvalue weighted by Gasteiger charge is -2.01. The number of hydrogen-bond acceptors (Lipinski definition) is 6. The van der Waals surface area contributed by atoms with Crippen molar-refractivity contribution in [2.24, 2.45) is 0 Å². The smallest absolute Gasteiger partial charge is 0.269 e. The monoisotopic (exact) mass is 382 g/mol. The van der Waals surface area contributed by atoms with Crippen LogP contribution in [0.25, 0.3) is 20.4 Å². The highest BCUT2D eigenvalue weighted by Gasteiger charge is 2.20. The Morgan fingerprint density at radius 1 is 1.04 bits per heavy atom. The minimum atomic E-state index is -0.240. The van der Waals surface area contributed by atoms with Gasteiger partial charge in [-0.15, -0.1) is 11.3 Å². The number of nitrogens with two attached hydrogens (primary N) is 1. The van der Waals surface area contributed by atoms with Gasteiger partial charge in [0.2, 0.25) is 0 Å². The Hall–Kier alpha value is -2.51. The lowest BCUT2D eigenvalue weighted by molar-refractivity contribution is 0.103. The van der Waals surface area contributed by atoms with Crippen molar-refractivity contribution in [3.8, 4) is 0 Å². The molecule has 4 rings (SSSR count). The first-order valence-corrected chi connectivity index (χ1v) is 9.82. The Labute approximate surface area is 158 Å². The third-order valence-electron chi connectivity index (χ3n) is 4.28. The number of hydrogen-bond donors (Lipinski definition) is 2. The number of rotatable bonds is 2. The number of anilines is 2. The quantitative estimate of drug-likeness (QED) is 0.513. The second-order valence-corrected chi connectivity index (χ2v) is 8.54.